The summed E-state index contributed by atoms with van der Waals surface area (Å²) < 4.78 is 0. The number of aromatic nitrogens is 3. The van der Waals surface area contributed by atoms with E-state index in [1.807, 2.05) is 61.5 Å². The van der Waals surface area contributed by atoms with Crippen LogP contribution >= 0.6 is 11.8 Å². The van der Waals surface area contributed by atoms with Crippen LogP contribution in [0.15, 0.2) is 64.9 Å². The molecule has 0 fully saturated rings. The highest BCUT2D eigenvalue weighted by Crippen LogP contribution is 2.16. The van der Waals surface area contributed by atoms with Crippen molar-refractivity contribution >= 4 is 35.4 Å². The van der Waals surface area contributed by atoms with Crippen molar-refractivity contribution in [3.05, 3.63) is 65.7 Å². The van der Waals surface area contributed by atoms with E-state index in [0.29, 0.717) is 16.7 Å². The fourth-order valence-electron chi connectivity index (χ4n) is 2.22. The molecule has 0 unspecified atom stereocenters. The summed E-state index contributed by atoms with van der Waals surface area (Å²) in [7, 11) is 4.00. The van der Waals surface area contributed by atoms with Crippen LogP contribution in [0.3, 0.4) is 0 Å². The smallest absolute Gasteiger partial charge is 0.240 e. The SMILES string of the molecule is CN(C)c1ccc(/C=N\Nc2nc(SCC(=O)c3ccccc3)n[nH]2)cc1. The normalized spacial score (nSPS) is 10.9. The van der Waals surface area contributed by atoms with Gasteiger partial charge in [-0.1, -0.05) is 54.2 Å². The number of thioether (sulfide) groups is 1. The number of anilines is 2. The highest BCUT2D eigenvalue weighted by molar-refractivity contribution is 7.99. The molecule has 0 aliphatic carbocycles. The summed E-state index contributed by atoms with van der Waals surface area (Å²) in [4.78, 5) is 18.4. The summed E-state index contributed by atoms with van der Waals surface area (Å²) in [5.74, 6) is 0.743. The first-order valence-corrected chi connectivity index (χ1v) is 9.30. The summed E-state index contributed by atoms with van der Waals surface area (Å²) in [5, 5.41) is 11.5. The summed E-state index contributed by atoms with van der Waals surface area (Å²) >= 11 is 1.28. The lowest BCUT2D eigenvalue weighted by atomic mass is 10.2. The van der Waals surface area contributed by atoms with Gasteiger partial charge in [0.1, 0.15) is 0 Å². The lowest BCUT2D eigenvalue weighted by Gasteiger charge is -2.11. The number of hydrazone groups is 1. The number of Topliss-reactive ketones (excluding diaryl/α,β-unsaturated/α-hetero) is 1. The minimum absolute atomic E-state index is 0.0408. The standard InChI is InChI=1S/C19H20N6OS/c1-25(2)16-10-8-14(9-11-16)12-20-22-18-21-19(24-23-18)27-13-17(26)15-6-4-3-5-7-15/h3-12H,13H2,1-2H3,(H2,21,22,23,24)/b20-12-. The van der Waals surface area contributed by atoms with Crippen molar-refractivity contribution in [1.29, 1.82) is 0 Å². The fourth-order valence-corrected chi connectivity index (χ4v) is 2.92. The lowest BCUT2D eigenvalue weighted by Crippen LogP contribution is -2.08. The molecule has 27 heavy (non-hydrogen) atoms. The molecule has 0 spiro atoms. The van der Waals surface area contributed by atoms with Crippen LogP contribution in [0.4, 0.5) is 11.6 Å². The summed E-state index contributed by atoms with van der Waals surface area (Å²) in [6, 6.07) is 17.2. The summed E-state index contributed by atoms with van der Waals surface area (Å²) in [6.07, 6.45) is 1.70. The van der Waals surface area contributed by atoms with E-state index < -0.39 is 0 Å². The van der Waals surface area contributed by atoms with Gasteiger partial charge < -0.3 is 4.90 Å². The molecule has 2 aromatic carbocycles. The predicted octanol–water partition coefficient (Wildman–Crippen LogP) is 3.29. The van der Waals surface area contributed by atoms with Gasteiger partial charge in [-0.05, 0) is 17.7 Å². The summed E-state index contributed by atoms with van der Waals surface area (Å²) in [5.41, 5.74) is 5.58. The van der Waals surface area contributed by atoms with E-state index in [1.54, 1.807) is 18.3 Å². The van der Waals surface area contributed by atoms with Gasteiger partial charge in [-0.15, -0.1) is 5.10 Å². The number of aromatic amines is 1. The molecule has 1 heterocycles. The molecule has 0 aliphatic heterocycles. The third-order valence-corrected chi connectivity index (χ3v) is 4.53. The van der Waals surface area contributed by atoms with Crippen molar-refractivity contribution in [2.45, 2.75) is 5.16 Å². The van der Waals surface area contributed by atoms with E-state index in [1.165, 1.54) is 11.8 Å². The van der Waals surface area contributed by atoms with Gasteiger partial charge in [0, 0.05) is 25.3 Å². The van der Waals surface area contributed by atoms with Crippen LogP contribution in [0.25, 0.3) is 0 Å². The molecule has 3 rings (SSSR count). The Hall–Kier alpha value is -3.13. The largest absolute Gasteiger partial charge is 0.378 e. The van der Waals surface area contributed by atoms with Gasteiger partial charge in [-0.2, -0.15) is 10.1 Å². The maximum absolute atomic E-state index is 12.1. The number of H-pyrrole nitrogens is 1. The molecule has 138 valence electrons. The van der Waals surface area contributed by atoms with Gasteiger partial charge >= 0.3 is 0 Å². The Balaban J connectivity index is 1.49. The zero-order valence-corrected chi connectivity index (χ0v) is 15.9. The highest BCUT2D eigenvalue weighted by Gasteiger charge is 2.09. The Labute approximate surface area is 161 Å². The third kappa shape index (κ3) is 5.42. The molecule has 0 bridgehead atoms. The number of nitrogens with zero attached hydrogens (tertiary/aromatic N) is 4. The van der Waals surface area contributed by atoms with Crippen molar-refractivity contribution in [3.8, 4) is 0 Å². The number of carbonyl (C=O) groups excluding carboxylic acids is 1. The predicted molar refractivity (Wildman–Crippen MR) is 110 cm³/mol. The molecule has 0 amide bonds. The van der Waals surface area contributed by atoms with Gasteiger partial charge in [0.25, 0.3) is 0 Å². The van der Waals surface area contributed by atoms with Crippen LogP contribution in [0, 0.1) is 0 Å². The molecule has 1 aromatic heterocycles. The van der Waals surface area contributed by atoms with E-state index in [-0.39, 0.29) is 11.5 Å². The molecule has 0 radical (unpaired) electrons. The molecule has 0 saturated heterocycles. The zero-order chi connectivity index (χ0) is 19.1. The second-order valence-corrected chi connectivity index (χ2v) is 6.84. The van der Waals surface area contributed by atoms with Crippen molar-refractivity contribution < 1.29 is 4.79 Å². The quantitative estimate of drug-likeness (QED) is 0.270. The Morgan fingerprint density at radius 1 is 1.19 bits per heavy atom. The number of nitrogens with one attached hydrogen (secondary N) is 2. The Bertz CT molecular complexity index is 905. The van der Waals surface area contributed by atoms with Crippen LogP contribution in [0.1, 0.15) is 15.9 Å². The average molecular weight is 380 g/mol. The van der Waals surface area contributed by atoms with Crippen molar-refractivity contribution in [1.82, 2.24) is 15.2 Å². The Morgan fingerprint density at radius 3 is 2.63 bits per heavy atom. The monoisotopic (exact) mass is 380 g/mol. The molecule has 0 saturated carbocycles. The maximum Gasteiger partial charge on any atom is 0.240 e. The molecular weight excluding hydrogens is 360 g/mol. The van der Waals surface area contributed by atoms with Crippen LogP contribution in [-0.4, -0.2) is 47.0 Å². The molecule has 8 heteroatoms. The minimum Gasteiger partial charge on any atom is -0.378 e. The first kappa shape index (κ1) is 18.7. The van der Waals surface area contributed by atoms with Crippen LogP contribution in [0.2, 0.25) is 0 Å². The molecule has 2 N–H and O–H groups in total. The molecule has 0 atom stereocenters. The molecular formula is C19H20N6OS. The number of carbonyl (C=O) groups is 1. The van der Waals surface area contributed by atoms with Crippen LogP contribution in [0.5, 0.6) is 0 Å². The first-order chi connectivity index (χ1) is 13.1. The minimum atomic E-state index is 0.0408. The van der Waals surface area contributed by atoms with E-state index in [0.717, 1.165) is 11.3 Å². The van der Waals surface area contributed by atoms with Gasteiger partial charge in [0.05, 0.1) is 12.0 Å². The van der Waals surface area contributed by atoms with Crippen LogP contribution < -0.4 is 10.3 Å². The van der Waals surface area contributed by atoms with Gasteiger partial charge in [-0.3, -0.25) is 4.79 Å². The number of hydrogen-bond acceptors (Lipinski definition) is 7. The molecule has 7 nitrogen and oxygen atoms in total. The first-order valence-electron chi connectivity index (χ1n) is 8.32. The van der Waals surface area contributed by atoms with Gasteiger partial charge in [0.15, 0.2) is 5.78 Å². The van der Waals surface area contributed by atoms with Gasteiger partial charge in [-0.25, -0.2) is 10.5 Å². The third-order valence-electron chi connectivity index (χ3n) is 3.69. The van der Waals surface area contributed by atoms with Crippen molar-refractivity contribution in [3.63, 3.8) is 0 Å². The van der Waals surface area contributed by atoms with Gasteiger partial charge in [0.2, 0.25) is 11.1 Å². The maximum atomic E-state index is 12.1. The van der Waals surface area contributed by atoms with Crippen molar-refractivity contribution in [2.75, 3.05) is 30.2 Å². The fraction of sp³-hybridized carbons (Fsp3) is 0.158. The van der Waals surface area contributed by atoms with Crippen molar-refractivity contribution in [2.24, 2.45) is 5.10 Å². The van der Waals surface area contributed by atoms with E-state index in [2.05, 4.69) is 25.7 Å². The molecule has 0 aliphatic rings. The molecule has 3 aromatic rings. The van der Waals surface area contributed by atoms with Crippen LogP contribution in [-0.2, 0) is 0 Å². The van der Waals surface area contributed by atoms with E-state index in [4.69, 9.17) is 0 Å². The lowest BCUT2D eigenvalue weighted by molar-refractivity contribution is 0.102. The van der Waals surface area contributed by atoms with E-state index >= 15 is 0 Å². The second-order valence-electron chi connectivity index (χ2n) is 5.90. The number of hydrogen-bond donors (Lipinski definition) is 2. The second kappa shape index (κ2) is 9.00. The topological polar surface area (TPSA) is 86.3 Å². The number of benzene rings is 2. The number of ketones is 1. The average Bonchev–Trinajstić information content (AvgIpc) is 3.15. The summed E-state index contributed by atoms with van der Waals surface area (Å²) in [6.45, 7) is 0. The van der Waals surface area contributed by atoms with E-state index in [9.17, 15) is 4.79 Å². The highest BCUT2D eigenvalue weighted by atomic mass is 32.2. The number of rotatable bonds is 8. The zero-order valence-electron chi connectivity index (χ0n) is 15.1. The Morgan fingerprint density at radius 2 is 1.93 bits per heavy atom. The Kier molecular flexibility index (Phi) is 6.22.